The van der Waals surface area contributed by atoms with E-state index in [1.165, 1.54) is 24.3 Å². The Kier molecular flexibility index (Phi) is 5.08. The molecular weight excluding hydrogens is 336 g/mol. The third-order valence-corrected chi connectivity index (χ3v) is 5.75. The Hall–Kier alpha value is -1.79. The molecule has 0 radical (unpaired) electrons. The number of ether oxygens (including phenoxy) is 3. The maximum absolute atomic E-state index is 5.87. The third-order valence-electron chi connectivity index (χ3n) is 4.87. The van der Waals surface area contributed by atoms with Crippen molar-refractivity contribution in [2.45, 2.75) is 38.3 Å². The zero-order chi connectivity index (χ0) is 17.1. The van der Waals surface area contributed by atoms with Crippen molar-refractivity contribution in [1.82, 2.24) is 9.88 Å². The fourth-order valence-corrected chi connectivity index (χ4v) is 4.43. The van der Waals surface area contributed by atoms with Crippen LogP contribution in [0.2, 0.25) is 0 Å². The summed E-state index contributed by atoms with van der Waals surface area (Å²) in [7, 11) is 1.72. The Morgan fingerprint density at radius 3 is 2.80 bits per heavy atom. The van der Waals surface area contributed by atoms with Gasteiger partial charge in [-0.25, -0.2) is 4.98 Å². The fraction of sp³-hybridized carbons (Fsp3) is 0.526. The average Bonchev–Trinajstić information content (AvgIpc) is 3.08. The number of aromatic nitrogens is 1. The van der Waals surface area contributed by atoms with Crippen LogP contribution in [-0.4, -0.2) is 36.8 Å². The first-order valence-electron chi connectivity index (χ1n) is 8.95. The molecule has 3 heterocycles. The minimum absolute atomic E-state index is 0.398. The van der Waals surface area contributed by atoms with E-state index in [9.17, 15) is 0 Å². The lowest BCUT2D eigenvalue weighted by Gasteiger charge is -2.34. The van der Waals surface area contributed by atoms with Gasteiger partial charge in [-0.3, -0.25) is 4.90 Å². The molecule has 1 fully saturated rings. The quantitative estimate of drug-likeness (QED) is 0.823. The van der Waals surface area contributed by atoms with Gasteiger partial charge in [0.1, 0.15) is 10.8 Å². The molecule has 134 valence electrons. The zero-order valence-electron chi connectivity index (χ0n) is 14.6. The van der Waals surface area contributed by atoms with E-state index in [2.05, 4.69) is 21.3 Å². The van der Waals surface area contributed by atoms with Gasteiger partial charge < -0.3 is 14.2 Å². The summed E-state index contributed by atoms with van der Waals surface area (Å²) in [6.45, 7) is 3.31. The second-order valence-corrected chi connectivity index (χ2v) is 7.44. The van der Waals surface area contributed by atoms with Crippen molar-refractivity contribution in [1.29, 1.82) is 0 Å². The first-order valence-corrected chi connectivity index (χ1v) is 9.83. The minimum atomic E-state index is 0.398. The van der Waals surface area contributed by atoms with Gasteiger partial charge >= 0.3 is 0 Å². The van der Waals surface area contributed by atoms with Crippen molar-refractivity contribution < 1.29 is 14.2 Å². The predicted octanol–water partition coefficient (Wildman–Crippen LogP) is 4.04. The standard InChI is InChI=1S/C19H24N2O3S/c1-22-16-12-18-17(23-8-4-9-24-18)11-14(16)13-21-7-3-2-5-15(21)19-20-6-10-25-19/h6,10-12,15H,2-5,7-9,13H2,1H3. The van der Waals surface area contributed by atoms with Crippen LogP contribution in [0.15, 0.2) is 23.7 Å². The maximum atomic E-state index is 5.87. The Balaban J connectivity index is 1.61. The Morgan fingerprint density at radius 2 is 2.04 bits per heavy atom. The van der Waals surface area contributed by atoms with Crippen LogP contribution in [0.3, 0.4) is 0 Å². The molecule has 2 aromatic rings. The van der Waals surface area contributed by atoms with Crippen LogP contribution in [-0.2, 0) is 6.54 Å². The average molecular weight is 360 g/mol. The molecule has 1 saturated heterocycles. The summed E-state index contributed by atoms with van der Waals surface area (Å²) in [6.07, 6.45) is 6.47. The van der Waals surface area contributed by atoms with Crippen LogP contribution in [0.4, 0.5) is 0 Å². The third kappa shape index (κ3) is 3.60. The number of nitrogens with zero attached hydrogens (tertiary/aromatic N) is 2. The van der Waals surface area contributed by atoms with E-state index in [4.69, 9.17) is 14.2 Å². The number of piperidine rings is 1. The molecule has 0 saturated carbocycles. The van der Waals surface area contributed by atoms with Crippen molar-refractivity contribution in [3.63, 3.8) is 0 Å². The highest BCUT2D eigenvalue weighted by Crippen LogP contribution is 2.39. The van der Waals surface area contributed by atoms with Crippen LogP contribution < -0.4 is 14.2 Å². The molecule has 0 aliphatic carbocycles. The molecule has 2 aliphatic rings. The second-order valence-electron chi connectivity index (χ2n) is 6.51. The van der Waals surface area contributed by atoms with Gasteiger partial charge in [0.15, 0.2) is 11.5 Å². The predicted molar refractivity (Wildman–Crippen MR) is 97.7 cm³/mol. The molecule has 4 rings (SSSR count). The Bertz CT molecular complexity index is 705. The van der Waals surface area contributed by atoms with Gasteiger partial charge in [-0.15, -0.1) is 11.3 Å². The lowest BCUT2D eigenvalue weighted by Crippen LogP contribution is -2.33. The molecule has 5 nitrogen and oxygen atoms in total. The number of methoxy groups -OCH3 is 1. The number of hydrogen-bond donors (Lipinski definition) is 0. The molecule has 0 spiro atoms. The van der Waals surface area contributed by atoms with E-state index in [0.717, 1.165) is 42.3 Å². The first-order chi connectivity index (χ1) is 12.3. The SMILES string of the molecule is COc1cc2c(cc1CN1CCCCC1c1nccs1)OCCCO2. The summed E-state index contributed by atoms with van der Waals surface area (Å²) in [5.41, 5.74) is 1.15. The van der Waals surface area contributed by atoms with Gasteiger partial charge in [0.2, 0.25) is 0 Å². The van der Waals surface area contributed by atoms with Gasteiger partial charge in [-0.2, -0.15) is 0 Å². The van der Waals surface area contributed by atoms with Crippen LogP contribution in [0, 0.1) is 0 Å². The van der Waals surface area contributed by atoms with Crippen molar-refractivity contribution in [2.75, 3.05) is 26.9 Å². The topological polar surface area (TPSA) is 43.8 Å². The lowest BCUT2D eigenvalue weighted by atomic mass is 10.0. The number of benzene rings is 1. The normalized spacial score (nSPS) is 20.9. The molecule has 1 unspecified atom stereocenters. The van der Waals surface area contributed by atoms with Crippen molar-refractivity contribution in [3.8, 4) is 17.2 Å². The molecule has 1 aromatic carbocycles. The summed E-state index contributed by atoms with van der Waals surface area (Å²) in [5.74, 6) is 2.48. The summed E-state index contributed by atoms with van der Waals surface area (Å²) in [6, 6.07) is 4.46. The molecule has 0 N–H and O–H groups in total. The summed E-state index contributed by atoms with van der Waals surface area (Å²) in [5, 5.41) is 3.28. The number of fused-ring (bicyclic) bond motifs is 1. The molecular formula is C19H24N2O3S. The van der Waals surface area contributed by atoms with E-state index < -0.39 is 0 Å². The van der Waals surface area contributed by atoms with E-state index >= 15 is 0 Å². The number of hydrogen-bond acceptors (Lipinski definition) is 6. The van der Waals surface area contributed by atoms with Gasteiger partial charge in [0.25, 0.3) is 0 Å². The highest BCUT2D eigenvalue weighted by atomic mass is 32.1. The Morgan fingerprint density at radius 1 is 1.20 bits per heavy atom. The van der Waals surface area contributed by atoms with Gasteiger partial charge in [0, 0.05) is 36.2 Å². The van der Waals surface area contributed by atoms with Crippen molar-refractivity contribution >= 4 is 11.3 Å². The maximum Gasteiger partial charge on any atom is 0.164 e. The molecule has 0 amide bonds. The lowest BCUT2D eigenvalue weighted by molar-refractivity contribution is 0.138. The molecule has 0 bridgehead atoms. The van der Waals surface area contributed by atoms with Gasteiger partial charge in [-0.1, -0.05) is 6.42 Å². The number of rotatable bonds is 4. The zero-order valence-corrected chi connectivity index (χ0v) is 15.4. The van der Waals surface area contributed by atoms with Crippen molar-refractivity contribution in [2.24, 2.45) is 0 Å². The minimum Gasteiger partial charge on any atom is -0.496 e. The van der Waals surface area contributed by atoms with E-state index in [-0.39, 0.29) is 0 Å². The van der Waals surface area contributed by atoms with Crippen molar-refractivity contribution in [3.05, 3.63) is 34.3 Å². The van der Waals surface area contributed by atoms with Crippen LogP contribution in [0.1, 0.15) is 42.3 Å². The molecule has 1 atom stereocenters. The van der Waals surface area contributed by atoms with E-state index in [1.807, 2.05) is 12.3 Å². The van der Waals surface area contributed by atoms with E-state index in [0.29, 0.717) is 19.3 Å². The highest BCUT2D eigenvalue weighted by molar-refractivity contribution is 7.09. The van der Waals surface area contributed by atoms with E-state index in [1.54, 1.807) is 18.4 Å². The second kappa shape index (κ2) is 7.62. The Labute approximate surface area is 152 Å². The largest absolute Gasteiger partial charge is 0.496 e. The van der Waals surface area contributed by atoms with Crippen LogP contribution >= 0.6 is 11.3 Å². The van der Waals surface area contributed by atoms with Crippen LogP contribution in [0.5, 0.6) is 17.2 Å². The molecule has 25 heavy (non-hydrogen) atoms. The number of thiazole rings is 1. The van der Waals surface area contributed by atoms with Crippen LogP contribution in [0.25, 0.3) is 0 Å². The molecule has 2 aliphatic heterocycles. The van der Waals surface area contributed by atoms with Gasteiger partial charge in [-0.05, 0) is 25.5 Å². The smallest absolute Gasteiger partial charge is 0.164 e. The molecule has 1 aromatic heterocycles. The van der Waals surface area contributed by atoms with Gasteiger partial charge in [0.05, 0.1) is 26.4 Å². The summed E-state index contributed by atoms with van der Waals surface area (Å²) < 4.78 is 17.3. The molecule has 6 heteroatoms. The fourth-order valence-electron chi connectivity index (χ4n) is 3.62. The highest BCUT2D eigenvalue weighted by Gasteiger charge is 2.27. The first kappa shape index (κ1) is 16.7. The summed E-state index contributed by atoms with van der Waals surface area (Å²) in [4.78, 5) is 7.08. The monoisotopic (exact) mass is 360 g/mol. The summed E-state index contributed by atoms with van der Waals surface area (Å²) >= 11 is 1.75. The number of likely N-dealkylation sites (tertiary alicyclic amines) is 1.